The lowest BCUT2D eigenvalue weighted by Crippen LogP contribution is -2.09. The Bertz CT molecular complexity index is 2920. The summed E-state index contributed by atoms with van der Waals surface area (Å²) in [7, 11) is 0. The standard InChI is InChI=1S/C48H31F2N3/c49-34-21-28-48(43(50)31-34)53-45-18-10-8-16-40(45)42-30-33(20-27-47(42)53)32-19-26-46-41(29-32)39-15-7-9-17-44(39)52(46)38-24-22-37(23-25-38)51(35-11-3-1-4-12-35)36-13-5-2-6-14-36/h1-31H. The molecule has 252 valence electrons. The number of para-hydroxylation sites is 4. The van der Waals surface area contributed by atoms with E-state index >= 15 is 4.39 Å². The van der Waals surface area contributed by atoms with Crippen molar-refractivity contribution >= 4 is 60.7 Å². The van der Waals surface area contributed by atoms with E-state index in [1.54, 1.807) is 0 Å². The molecule has 0 saturated carbocycles. The third kappa shape index (κ3) is 5.08. The fraction of sp³-hybridized carbons (Fsp3) is 0. The van der Waals surface area contributed by atoms with Crippen LogP contribution in [0.3, 0.4) is 0 Å². The van der Waals surface area contributed by atoms with Gasteiger partial charge in [-0.05, 0) is 108 Å². The van der Waals surface area contributed by atoms with E-state index < -0.39 is 11.6 Å². The fourth-order valence-electron chi connectivity index (χ4n) is 7.86. The molecule has 8 aromatic carbocycles. The summed E-state index contributed by atoms with van der Waals surface area (Å²) >= 11 is 0. The Labute approximate surface area is 304 Å². The lowest BCUT2D eigenvalue weighted by Gasteiger charge is -2.25. The lowest BCUT2D eigenvalue weighted by molar-refractivity contribution is 0.579. The van der Waals surface area contributed by atoms with Crippen LogP contribution in [0.2, 0.25) is 0 Å². The molecule has 10 aromatic rings. The Balaban J connectivity index is 1.09. The molecule has 0 amide bonds. The highest BCUT2D eigenvalue weighted by Gasteiger charge is 2.18. The third-order valence-electron chi connectivity index (χ3n) is 10.2. The van der Waals surface area contributed by atoms with Gasteiger partial charge in [0, 0.05) is 50.4 Å². The monoisotopic (exact) mass is 687 g/mol. The number of hydrogen-bond donors (Lipinski definition) is 0. The molecular weight excluding hydrogens is 657 g/mol. The molecular formula is C48H31F2N3. The maximum absolute atomic E-state index is 15.1. The SMILES string of the molecule is Fc1ccc(-n2c3ccccc3c3cc(-c4ccc5c(c4)c4ccccc4n5-c4ccc(N(c5ccccc5)c5ccccc5)cc4)ccc32)c(F)c1. The quantitative estimate of drug-likeness (QED) is 0.170. The van der Waals surface area contributed by atoms with Gasteiger partial charge in [-0.2, -0.15) is 0 Å². The van der Waals surface area contributed by atoms with Gasteiger partial charge in [-0.25, -0.2) is 8.78 Å². The van der Waals surface area contributed by atoms with Gasteiger partial charge in [-0.1, -0.05) is 84.9 Å². The van der Waals surface area contributed by atoms with Gasteiger partial charge in [0.2, 0.25) is 0 Å². The fourth-order valence-corrected chi connectivity index (χ4v) is 7.86. The molecule has 53 heavy (non-hydrogen) atoms. The van der Waals surface area contributed by atoms with Crippen LogP contribution in [0.15, 0.2) is 188 Å². The van der Waals surface area contributed by atoms with Crippen molar-refractivity contribution in [1.29, 1.82) is 0 Å². The van der Waals surface area contributed by atoms with Gasteiger partial charge in [0.25, 0.3) is 0 Å². The minimum Gasteiger partial charge on any atom is -0.311 e. The van der Waals surface area contributed by atoms with Crippen molar-refractivity contribution < 1.29 is 8.78 Å². The van der Waals surface area contributed by atoms with Crippen LogP contribution in [0.25, 0.3) is 66.1 Å². The zero-order valence-corrected chi connectivity index (χ0v) is 28.5. The second kappa shape index (κ2) is 12.4. The number of benzene rings is 8. The highest BCUT2D eigenvalue weighted by molar-refractivity contribution is 6.12. The van der Waals surface area contributed by atoms with Crippen LogP contribution in [-0.2, 0) is 0 Å². The third-order valence-corrected chi connectivity index (χ3v) is 10.2. The first-order chi connectivity index (χ1) is 26.1. The van der Waals surface area contributed by atoms with Gasteiger partial charge in [-0.3, -0.25) is 0 Å². The Morgan fingerprint density at radius 3 is 1.40 bits per heavy atom. The van der Waals surface area contributed by atoms with Crippen molar-refractivity contribution in [2.75, 3.05) is 4.90 Å². The molecule has 2 aromatic heterocycles. The van der Waals surface area contributed by atoms with E-state index in [0.29, 0.717) is 5.69 Å². The maximum Gasteiger partial charge on any atom is 0.150 e. The predicted octanol–water partition coefficient (Wildman–Crippen LogP) is 13.3. The van der Waals surface area contributed by atoms with Crippen LogP contribution >= 0.6 is 0 Å². The van der Waals surface area contributed by atoms with E-state index in [1.165, 1.54) is 17.5 Å². The average Bonchev–Trinajstić information content (AvgIpc) is 3.71. The van der Waals surface area contributed by atoms with Gasteiger partial charge < -0.3 is 14.0 Å². The zero-order valence-electron chi connectivity index (χ0n) is 28.5. The number of halogens is 2. The van der Waals surface area contributed by atoms with Crippen LogP contribution in [0.1, 0.15) is 0 Å². The first-order valence-electron chi connectivity index (χ1n) is 17.7. The average molecular weight is 688 g/mol. The molecule has 0 unspecified atom stereocenters. The summed E-state index contributed by atoms with van der Waals surface area (Å²) in [5.74, 6) is -1.20. The lowest BCUT2D eigenvalue weighted by atomic mass is 10.0. The summed E-state index contributed by atoms with van der Waals surface area (Å²) in [5, 5.41) is 4.35. The summed E-state index contributed by atoms with van der Waals surface area (Å²) < 4.78 is 33.2. The largest absolute Gasteiger partial charge is 0.311 e. The van der Waals surface area contributed by atoms with Gasteiger partial charge in [0.1, 0.15) is 11.6 Å². The minimum absolute atomic E-state index is 0.320. The minimum atomic E-state index is -0.599. The Hall–Kier alpha value is -6.98. The number of hydrogen-bond acceptors (Lipinski definition) is 1. The van der Waals surface area contributed by atoms with E-state index in [0.717, 1.165) is 78.2 Å². The topological polar surface area (TPSA) is 13.1 Å². The summed E-state index contributed by atoms with van der Waals surface area (Å²) in [5.41, 5.74) is 10.8. The van der Waals surface area contributed by atoms with Crippen LogP contribution in [0.5, 0.6) is 0 Å². The van der Waals surface area contributed by atoms with E-state index in [2.05, 4.69) is 143 Å². The van der Waals surface area contributed by atoms with E-state index in [9.17, 15) is 4.39 Å². The molecule has 0 radical (unpaired) electrons. The molecule has 2 heterocycles. The molecule has 0 atom stereocenters. The first-order valence-corrected chi connectivity index (χ1v) is 17.7. The molecule has 10 rings (SSSR count). The number of rotatable bonds is 6. The second-order valence-electron chi connectivity index (χ2n) is 13.3. The van der Waals surface area contributed by atoms with E-state index in [1.807, 2.05) is 41.0 Å². The molecule has 0 fully saturated rings. The number of anilines is 3. The Kier molecular flexibility index (Phi) is 7.18. The molecule has 0 aliphatic heterocycles. The highest BCUT2D eigenvalue weighted by atomic mass is 19.1. The van der Waals surface area contributed by atoms with Crippen molar-refractivity contribution in [2.45, 2.75) is 0 Å². The highest BCUT2D eigenvalue weighted by Crippen LogP contribution is 2.40. The van der Waals surface area contributed by atoms with Crippen LogP contribution in [0.4, 0.5) is 25.8 Å². The van der Waals surface area contributed by atoms with Crippen molar-refractivity contribution in [2.24, 2.45) is 0 Å². The molecule has 5 heteroatoms. The Morgan fingerprint density at radius 2 is 0.830 bits per heavy atom. The second-order valence-corrected chi connectivity index (χ2v) is 13.3. The smallest absolute Gasteiger partial charge is 0.150 e. The van der Waals surface area contributed by atoms with Crippen molar-refractivity contribution in [3.8, 4) is 22.5 Å². The molecule has 0 bridgehead atoms. The molecule has 0 spiro atoms. The summed E-state index contributed by atoms with van der Waals surface area (Å²) in [4.78, 5) is 2.27. The number of aromatic nitrogens is 2. The van der Waals surface area contributed by atoms with Crippen molar-refractivity contribution in [1.82, 2.24) is 9.13 Å². The molecule has 0 aliphatic carbocycles. The summed E-state index contributed by atoms with van der Waals surface area (Å²) in [6.45, 7) is 0. The Morgan fingerprint density at radius 1 is 0.358 bits per heavy atom. The van der Waals surface area contributed by atoms with Gasteiger partial charge in [0.05, 0.1) is 27.8 Å². The molecule has 0 aliphatic rings. The normalized spacial score (nSPS) is 11.6. The van der Waals surface area contributed by atoms with Gasteiger partial charge in [0.15, 0.2) is 0 Å². The van der Waals surface area contributed by atoms with Gasteiger partial charge in [-0.15, -0.1) is 0 Å². The number of nitrogens with zero attached hydrogens (tertiary/aromatic N) is 3. The molecule has 0 N–H and O–H groups in total. The first kappa shape index (κ1) is 30.8. The van der Waals surface area contributed by atoms with Crippen LogP contribution in [0, 0.1) is 11.6 Å². The summed E-state index contributed by atoms with van der Waals surface area (Å²) in [6, 6.07) is 62.9. The predicted molar refractivity (Wildman–Crippen MR) is 215 cm³/mol. The molecule has 0 saturated heterocycles. The van der Waals surface area contributed by atoms with Crippen LogP contribution in [-0.4, -0.2) is 9.13 Å². The molecule has 3 nitrogen and oxygen atoms in total. The van der Waals surface area contributed by atoms with Crippen molar-refractivity contribution in [3.05, 3.63) is 200 Å². The van der Waals surface area contributed by atoms with Crippen LogP contribution < -0.4 is 4.90 Å². The van der Waals surface area contributed by atoms with E-state index in [-0.39, 0.29) is 0 Å². The number of fused-ring (bicyclic) bond motifs is 6. The maximum atomic E-state index is 15.1. The zero-order chi connectivity index (χ0) is 35.5. The van der Waals surface area contributed by atoms with Crippen molar-refractivity contribution in [3.63, 3.8) is 0 Å². The van der Waals surface area contributed by atoms with Gasteiger partial charge >= 0.3 is 0 Å². The summed E-state index contributed by atoms with van der Waals surface area (Å²) in [6.07, 6.45) is 0. The van der Waals surface area contributed by atoms with E-state index in [4.69, 9.17) is 0 Å².